The number of H-pyrrole nitrogens is 1. The van der Waals surface area contributed by atoms with Crippen molar-refractivity contribution < 1.29 is 23.5 Å². The Bertz CT molecular complexity index is 2810. The number of benzene rings is 3. The van der Waals surface area contributed by atoms with Crippen LogP contribution in [0.15, 0.2) is 79.0 Å². The number of piperidine rings is 3. The molecule has 0 unspecified atom stereocenters. The summed E-state index contributed by atoms with van der Waals surface area (Å²) < 4.78 is 22.9. The Morgan fingerprint density at radius 1 is 0.926 bits per heavy atom. The maximum Gasteiger partial charge on any atom is 0.253 e. The van der Waals surface area contributed by atoms with Crippen LogP contribution in [-0.2, 0) is 28.0 Å². The number of fused-ring (bicyclic) bond motifs is 2. The van der Waals surface area contributed by atoms with Crippen molar-refractivity contribution in [3.63, 3.8) is 0 Å². The van der Waals surface area contributed by atoms with E-state index >= 15 is 4.39 Å². The van der Waals surface area contributed by atoms with Gasteiger partial charge in [0, 0.05) is 100 Å². The molecule has 0 bridgehead atoms. The molecule has 356 valence electrons. The summed E-state index contributed by atoms with van der Waals surface area (Å²) in [6.45, 7) is 11.7. The van der Waals surface area contributed by atoms with E-state index in [0.29, 0.717) is 36.2 Å². The molecular formula is C53H63FN10O4. The summed E-state index contributed by atoms with van der Waals surface area (Å²) in [4.78, 5) is 59.5. The lowest BCUT2D eigenvalue weighted by Crippen LogP contribution is -2.54. The number of halogens is 1. The molecule has 4 aliphatic rings. The molecule has 3 amide bonds. The number of imide groups is 1. The van der Waals surface area contributed by atoms with Gasteiger partial charge in [-0.2, -0.15) is 0 Å². The molecule has 0 aliphatic carbocycles. The van der Waals surface area contributed by atoms with Crippen molar-refractivity contribution in [1.82, 2.24) is 39.5 Å². The van der Waals surface area contributed by atoms with Gasteiger partial charge in [0.1, 0.15) is 29.9 Å². The van der Waals surface area contributed by atoms with Crippen molar-refractivity contribution in [2.75, 3.05) is 69.7 Å². The lowest BCUT2D eigenvalue weighted by Gasteiger charge is -2.43. The van der Waals surface area contributed by atoms with Crippen molar-refractivity contribution >= 4 is 51.2 Å². The van der Waals surface area contributed by atoms with E-state index in [2.05, 4.69) is 103 Å². The fourth-order valence-electron chi connectivity index (χ4n) is 11.2. The number of nitrogens with one attached hydrogen (secondary N) is 3. The highest BCUT2D eigenvalue weighted by atomic mass is 19.1. The van der Waals surface area contributed by atoms with E-state index in [0.717, 1.165) is 123 Å². The molecule has 7 heterocycles. The number of hydrogen-bond donors (Lipinski definition) is 3. The molecule has 68 heavy (non-hydrogen) atoms. The van der Waals surface area contributed by atoms with E-state index in [1.165, 1.54) is 17.3 Å². The fourth-order valence-corrected chi connectivity index (χ4v) is 11.2. The Hall–Kier alpha value is -6.16. The summed E-state index contributed by atoms with van der Waals surface area (Å²) in [5.41, 5.74) is 9.59. The number of methoxy groups -OCH3 is 1. The fraction of sp³-hybridized carbons (Fsp3) is 0.453. The number of anilines is 2. The van der Waals surface area contributed by atoms with Gasteiger partial charge < -0.3 is 29.4 Å². The molecule has 3 aromatic carbocycles. The third kappa shape index (κ3) is 9.35. The number of pyridine rings is 1. The summed E-state index contributed by atoms with van der Waals surface area (Å²) >= 11 is 0. The third-order valence-corrected chi connectivity index (χ3v) is 15.3. The molecule has 3 atom stereocenters. The number of aromatic nitrogens is 4. The van der Waals surface area contributed by atoms with Crippen LogP contribution in [0.2, 0.25) is 0 Å². The van der Waals surface area contributed by atoms with Crippen molar-refractivity contribution in [2.24, 2.45) is 13.0 Å². The summed E-state index contributed by atoms with van der Waals surface area (Å²) in [5.74, 6) is 0.916. The molecule has 0 radical (unpaired) electrons. The standard InChI is InChI=1S/C53H63FN10O4/c1-33-30-64(47-13-10-40(28-43(47)54)56-45-12-14-50(65)59-52(45)66)26-25-63(33)31-35-16-21-62(22-17-35)53(67)38-7-5-36(6-8-38)37-18-23-61(24-19-37)34(2)48-29-42-41(15-20-55-51(42)60(48)3)39-9-11-44-46(27-39)58-49(57-44)32-68-4/h5-11,13,15,20,27-29,33-35,37,45,56H,12,14,16-19,21-26,30-32H2,1-4H3,(H,57,58)(H,59,65,66)/t33-,34+,45-/m1/s1. The van der Waals surface area contributed by atoms with Gasteiger partial charge in [0.05, 0.1) is 16.7 Å². The number of rotatable bonds is 12. The van der Waals surface area contributed by atoms with Crippen LogP contribution in [0.4, 0.5) is 15.8 Å². The zero-order valence-electron chi connectivity index (χ0n) is 39.6. The normalized spacial score (nSPS) is 20.9. The van der Waals surface area contributed by atoms with Crippen LogP contribution in [0, 0.1) is 11.7 Å². The van der Waals surface area contributed by atoms with Crippen LogP contribution in [0.5, 0.6) is 0 Å². The molecule has 14 nitrogen and oxygen atoms in total. The Kier molecular flexibility index (Phi) is 13.0. The minimum absolute atomic E-state index is 0.117. The molecule has 3 N–H and O–H groups in total. The number of hydrogen-bond acceptors (Lipinski definition) is 10. The van der Waals surface area contributed by atoms with Crippen LogP contribution < -0.4 is 15.5 Å². The average Bonchev–Trinajstić information content (AvgIpc) is 3.92. The van der Waals surface area contributed by atoms with E-state index < -0.39 is 6.04 Å². The molecule has 0 saturated carbocycles. The minimum atomic E-state index is -0.556. The molecular weight excluding hydrogens is 860 g/mol. The van der Waals surface area contributed by atoms with Crippen molar-refractivity contribution in [3.8, 4) is 11.1 Å². The number of imidazole rings is 1. The molecule has 0 spiro atoms. The van der Waals surface area contributed by atoms with Gasteiger partial charge in [-0.3, -0.25) is 29.5 Å². The number of aromatic amines is 1. The second-order valence-electron chi connectivity index (χ2n) is 19.5. The van der Waals surface area contributed by atoms with E-state index in [1.54, 1.807) is 19.2 Å². The maximum absolute atomic E-state index is 15.4. The van der Waals surface area contributed by atoms with E-state index in [1.807, 2.05) is 23.2 Å². The number of aryl methyl sites for hydroxylation is 1. The number of ether oxygens (including phenoxy) is 1. The van der Waals surface area contributed by atoms with Gasteiger partial charge in [0.25, 0.3) is 5.91 Å². The lowest BCUT2D eigenvalue weighted by atomic mass is 9.88. The maximum atomic E-state index is 15.4. The highest BCUT2D eigenvalue weighted by Gasteiger charge is 2.32. The van der Waals surface area contributed by atoms with Gasteiger partial charge in [-0.05, 0) is 142 Å². The molecule has 10 rings (SSSR count). The molecule has 4 aliphatic heterocycles. The Morgan fingerprint density at radius 3 is 2.46 bits per heavy atom. The minimum Gasteiger partial charge on any atom is -0.377 e. The van der Waals surface area contributed by atoms with Crippen LogP contribution in [-0.4, -0.2) is 123 Å². The smallest absolute Gasteiger partial charge is 0.253 e. The SMILES string of the molecule is COCc1nc2ccc(-c3ccnc4c3cc([C@H](C)N3CCC(c5ccc(C(=O)N6CCC(CN7CCN(c8ccc(N[C@@H]9CCC(=O)NC9=O)cc8F)C[C@H]7C)CC6)cc5)CC3)n4C)cc2[nH]1. The quantitative estimate of drug-likeness (QED) is 0.105. The first-order valence-corrected chi connectivity index (χ1v) is 24.4. The van der Waals surface area contributed by atoms with E-state index in [4.69, 9.17) is 9.72 Å². The summed E-state index contributed by atoms with van der Waals surface area (Å²) in [5, 5.41) is 6.56. The van der Waals surface area contributed by atoms with E-state index in [9.17, 15) is 14.4 Å². The monoisotopic (exact) mass is 923 g/mol. The summed E-state index contributed by atoms with van der Waals surface area (Å²) in [6.07, 6.45) is 6.63. The van der Waals surface area contributed by atoms with Gasteiger partial charge in [-0.25, -0.2) is 14.4 Å². The molecule has 4 saturated heterocycles. The molecule has 4 fully saturated rings. The Labute approximate surface area is 397 Å². The number of carbonyl (C=O) groups is 3. The summed E-state index contributed by atoms with van der Waals surface area (Å²) in [6, 6.07) is 24.2. The highest BCUT2D eigenvalue weighted by Crippen LogP contribution is 2.37. The van der Waals surface area contributed by atoms with Gasteiger partial charge in [-0.15, -0.1) is 0 Å². The first kappa shape index (κ1) is 45.6. The number of likely N-dealkylation sites (tertiary alicyclic amines) is 2. The predicted molar refractivity (Wildman–Crippen MR) is 263 cm³/mol. The lowest BCUT2D eigenvalue weighted by molar-refractivity contribution is -0.133. The molecule has 15 heteroatoms. The van der Waals surface area contributed by atoms with Gasteiger partial charge in [-0.1, -0.05) is 18.2 Å². The number of amides is 3. The largest absolute Gasteiger partial charge is 0.377 e. The zero-order chi connectivity index (χ0) is 47.1. The van der Waals surface area contributed by atoms with Crippen molar-refractivity contribution in [1.29, 1.82) is 0 Å². The van der Waals surface area contributed by atoms with Crippen LogP contribution in [0.1, 0.15) is 91.8 Å². The van der Waals surface area contributed by atoms with Crippen LogP contribution in [0.25, 0.3) is 33.2 Å². The number of piperazine rings is 1. The topological polar surface area (TPSA) is 144 Å². The van der Waals surface area contributed by atoms with E-state index in [-0.39, 0.29) is 42.0 Å². The number of carbonyl (C=O) groups excluding carboxylic acids is 3. The predicted octanol–water partition coefficient (Wildman–Crippen LogP) is 7.62. The Balaban J connectivity index is 0.684. The zero-order valence-corrected chi connectivity index (χ0v) is 39.6. The van der Waals surface area contributed by atoms with Crippen molar-refractivity contribution in [2.45, 2.75) is 83.0 Å². The Morgan fingerprint density at radius 2 is 1.72 bits per heavy atom. The molecule has 3 aromatic heterocycles. The second-order valence-corrected chi connectivity index (χ2v) is 19.5. The number of nitrogens with zero attached hydrogens (tertiary/aromatic N) is 7. The van der Waals surface area contributed by atoms with Gasteiger partial charge >= 0.3 is 0 Å². The first-order valence-electron chi connectivity index (χ1n) is 24.4. The molecule has 6 aromatic rings. The second kappa shape index (κ2) is 19.4. The van der Waals surface area contributed by atoms with Gasteiger partial charge in [0.2, 0.25) is 11.8 Å². The summed E-state index contributed by atoms with van der Waals surface area (Å²) in [7, 11) is 3.81. The van der Waals surface area contributed by atoms with Crippen molar-refractivity contribution in [3.05, 3.63) is 107 Å². The highest BCUT2D eigenvalue weighted by molar-refractivity contribution is 6.01. The van der Waals surface area contributed by atoms with Gasteiger partial charge in [0.15, 0.2) is 0 Å². The third-order valence-electron chi connectivity index (χ3n) is 15.3. The first-order chi connectivity index (χ1) is 33.0. The van der Waals surface area contributed by atoms with Crippen LogP contribution in [0.3, 0.4) is 0 Å². The average molecular weight is 923 g/mol. The van der Waals surface area contributed by atoms with Crippen LogP contribution >= 0.6 is 0 Å².